The minimum Gasteiger partial charge on any atom is -0.351 e. The third-order valence-electron chi connectivity index (χ3n) is 5.20. The highest BCUT2D eigenvalue weighted by Gasteiger charge is 2.36. The van der Waals surface area contributed by atoms with Crippen LogP contribution in [0.15, 0.2) is 18.2 Å². The number of nitrogens with zero attached hydrogens (tertiary/aromatic N) is 2. The summed E-state index contributed by atoms with van der Waals surface area (Å²) in [7, 11) is -3.20. The molecule has 0 radical (unpaired) electrons. The summed E-state index contributed by atoms with van der Waals surface area (Å²) < 4.78 is 24.6. The van der Waals surface area contributed by atoms with Crippen LogP contribution in [0.25, 0.3) is 0 Å². The molecule has 2 heterocycles. The molecule has 1 N–H and O–H groups in total. The molecule has 2 saturated heterocycles. The van der Waals surface area contributed by atoms with Crippen molar-refractivity contribution < 1.29 is 18.0 Å². The monoisotopic (exact) mass is 447 g/mol. The largest absolute Gasteiger partial charge is 0.351 e. The first-order valence-electron chi connectivity index (χ1n) is 9.18. The number of hydrogen-bond donors (Lipinski definition) is 1. The first-order chi connectivity index (χ1) is 13.1. The Balaban J connectivity index is 1.63. The fraction of sp³-hybridized carbons (Fsp3) is 0.556. The predicted octanol–water partition coefficient (Wildman–Crippen LogP) is 2.14. The number of carbonyl (C=O) groups excluding carboxylic acids is 2. The maximum atomic E-state index is 12.9. The van der Waals surface area contributed by atoms with E-state index in [9.17, 15) is 18.0 Å². The highest BCUT2D eigenvalue weighted by atomic mass is 35.5. The summed E-state index contributed by atoms with van der Waals surface area (Å²) in [6.07, 6.45) is 3.64. The molecule has 0 aliphatic carbocycles. The first-order valence-corrected chi connectivity index (χ1v) is 11.8. The number of rotatable bonds is 4. The molecule has 1 atom stereocenters. The zero-order chi connectivity index (χ0) is 20.5. The molecule has 0 aromatic heterocycles. The molecule has 0 bridgehead atoms. The van der Waals surface area contributed by atoms with E-state index in [1.54, 1.807) is 23.1 Å². The van der Waals surface area contributed by atoms with Gasteiger partial charge in [-0.25, -0.2) is 12.7 Å². The summed E-state index contributed by atoms with van der Waals surface area (Å²) in [6.45, 7) is 1.27. The van der Waals surface area contributed by atoms with Gasteiger partial charge in [0, 0.05) is 41.3 Å². The van der Waals surface area contributed by atoms with Crippen molar-refractivity contribution in [2.24, 2.45) is 0 Å². The van der Waals surface area contributed by atoms with Crippen molar-refractivity contribution in [1.82, 2.24) is 14.5 Å². The molecule has 2 aliphatic heterocycles. The Morgan fingerprint density at radius 2 is 1.64 bits per heavy atom. The number of likely N-dealkylation sites (tertiary alicyclic amines) is 1. The fourth-order valence-electron chi connectivity index (χ4n) is 3.75. The number of piperidine rings is 1. The second-order valence-electron chi connectivity index (χ2n) is 7.26. The number of hydrogen-bond acceptors (Lipinski definition) is 4. The second kappa shape index (κ2) is 8.57. The molecular formula is C18H23Cl2N3O4S. The molecule has 1 unspecified atom stereocenters. The Labute approximate surface area is 175 Å². The molecule has 0 saturated carbocycles. The van der Waals surface area contributed by atoms with Crippen LogP contribution < -0.4 is 5.32 Å². The van der Waals surface area contributed by atoms with Gasteiger partial charge in [0.1, 0.15) is 6.04 Å². The zero-order valence-corrected chi connectivity index (χ0v) is 17.9. The molecule has 2 aliphatic rings. The van der Waals surface area contributed by atoms with Crippen LogP contribution in [-0.4, -0.2) is 67.4 Å². The molecule has 2 amide bonds. The Morgan fingerprint density at radius 1 is 1.04 bits per heavy atom. The van der Waals surface area contributed by atoms with Crippen molar-refractivity contribution in [3.63, 3.8) is 0 Å². The number of sulfonamides is 1. The molecule has 1 aromatic rings. The van der Waals surface area contributed by atoms with E-state index in [4.69, 9.17) is 23.2 Å². The van der Waals surface area contributed by atoms with Gasteiger partial charge in [-0.3, -0.25) is 9.59 Å². The Hall–Kier alpha value is -1.35. The van der Waals surface area contributed by atoms with Crippen LogP contribution in [0, 0.1) is 0 Å². The quantitative estimate of drug-likeness (QED) is 0.765. The smallest absolute Gasteiger partial charge is 0.254 e. The maximum absolute atomic E-state index is 12.9. The van der Waals surface area contributed by atoms with Crippen LogP contribution in [0.1, 0.15) is 36.0 Å². The van der Waals surface area contributed by atoms with E-state index >= 15 is 0 Å². The fourth-order valence-corrected chi connectivity index (χ4v) is 5.15. The predicted molar refractivity (Wildman–Crippen MR) is 108 cm³/mol. The number of nitrogens with one attached hydrogen (secondary N) is 1. The summed E-state index contributed by atoms with van der Waals surface area (Å²) in [4.78, 5) is 27.2. The number of amides is 2. The van der Waals surface area contributed by atoms with E-state index in [0.717, 1.165) is 6.42 Å². The lowest BCUT2D eigenvalue weighted by atomic mass is 10.1. The van der Waals surface area contributed by atoms with Gasteiger partial charge in [0.15, 0.2) is 0 Å². The van der Waals surface area contributed by atoms with Crippen molar-refractivity contribution in [3.8, 4) is 0 Å². The molecule has 10 heteroatoms. The minimum atomic E-state index is -3.20. The molecular weight excluding hydrogens is 425 g/mol. The molecule has 0 spiro atoms. The lowest BCUT2D eigenvalue weighted by Gasteiger charge is -2.32. The SMILES string of the molecule is CS(=O)(=O)N1CCC(NC(=O)C2CCCN2C(=O)c2cc(Cl)cc(Cl)c2)CC1. The summed E-state index contributed by atoms with van der Waals surface area (Å²) in [6, 6.07) is 4.01. The maximum Gasteiger partial charge on any atom is 0.254 e. The molecule has 154 valence electrons. The van der Waals surface area contributed by atoms with Crippen LogP contribution in [-0.2, 0) is 14.8 Å². The normalized spacial score (nSPS) is 21.7. The van der Waals surface area contributed by atoms with Crippen LogP contribution >= 0.6 is 23.2 Å². The molecule has 7 nitrogen and oxygen atoms in total. The molecule has 1 aromatic carbocycles. The van der Waals surface area contributed by atoms with Gasteiger partial charge < -0.3 is 10.2 Å². The second-order valence-corrected chi connectivity index (χ2v) is 10.1. The number of carbonyl (C=O) groups is 2. The van der Waals surface area contributed by atoms with Gasteiger partial charge in [-0.2, -0.15) is 0 Å². The van der Waals surface area contributed by atoms with Gasteiger partial charge in [-0.15, -0.1) is 0 Å². The topological polar surface area (TPSA) is 86.8 Å². The van der Waals surface area contributed by atoms with Crippen molar-refractivity contribution in [2.45, 2.75) is 37.8 Å². The van der Waals surface area contributed by atoms with Gasteiger partial charge in [0.2, 0.25) is 15.9 Å². The van der Waals surface area contributed by atoms with E-state index in [1.165, 1.54) is 10.6 Å². The lowest BCUT2D eigenvalue weighted by molar-refractivity contribution is -0.125. The van der Waals surface area contributed by atoms with Crippen LogP contribution in [0.3, 0.4) is 0 Å². The average Bonchev–Trinajstić information content (AvgIpc) is 3.09. The third kappa shape index (κ3) is 4.97. The van der Waals surface area contributed by atoms with E-state index in [-0.39, 0.29) is 17.9 Å². The molecule has 28 heavy (non-hydrogen) atoms. The standard InChI is InChI=1S/C18H23Cl2N3O4S/c1-28(26,27)22-7-4-15(5-8-22)21-17(24)16-3-2-6-23(16)18(25)12-9-13(19)11-14(20)10-12/h9-11,15-16H,2-8H2,1H3,(H,21,24). The molecule has 3 rings (SSSR count). The summed E-state index contributed by atoms with van der Waals surface area (Å²) >= 11 is 12.0. The van der Waals surface area contributed by atoms with Crippen molar-refractivity contribution in [2.75, 3.05) is 25.9 Å². The number of halogens is 2. The van der Waals surface area contributed by atoms with Gasteiger partial charge in [0.25, 0.3) is 5.91 Å². The van der Waals surface area contributed by atoms with Crippen molar-refractivity contribution in [1.29, 1.82) is 0 Å². The highest BCUT2D eigenvalue weighted by Crippen LogP contribution is 2.25. The van der Waals surface area contributed by atoms with E-state index in [2.05, 4.69) is 5.32 Å². The van der Waals surface area contributed by atoms with E-state index in [0.29, 0.717) is 54.5 Å². The summed E-state index contributed by atoms with van der Waals surface area (Å²) in [5.74, 6) is -0.467. The Bertz CT molecular complexity index is 849. The highest BCUT2D eigenvalue weighted by molar-refractivity contribution is 7.88. The number of benzene rings is 1. The molecule has 2 fully saturated rings. The lowest BCUT2D eigenvalue weighted by Crippen LogP contribution is -2.52. The third-order valence-corrected chi connectivity index (χ3v) is 6.93. The zero-order valence-electron chi connectivity index (χ0n) is 15.5. The summed E-state index contributed by atoms with van der Waals surface area (Å²) in [5.41, 5.74) is 0.360. The van der Waals surface area contributed by atoms with Gasteiger partial charge in [0.05, 0.1) is 6.26 Å². The Kier molecular flexibility index (Phi) is 6.54. The van der Waals surface area contributed by atoms with Gasteiger partial charge in [-0.1, -0.05) is 23.2 Å². The van der Waals surface area contributed by atoms with Gasteiger partial charge in [-0.05, 0) is 43.9 Å². The van der Waals surface area contributed by atoms with Crippen LogP contribution in [0.4, 0.5) is 0 Å². The first kappa shape index (κ1) is 21.4. The average molecular weight is 448 g/mol. The Morgan fingerprint density at radius 3 is 2.21 bits per heavy atom. The van der Waals surface area contributed by atoms with Crippen molar-refractivity contribution >= 4 is 45.0 Å². The minimum absolute atomic E-state index is 0.0938. The van der Waals surface area contributed by atoms with Crippen LogP contribution in [0.2, 0.25) is 10.0 Å². The van der Waals surface area contributed by atoms with Gasteiger partial charge >= 0.3 is 0 Å². The van der Waals surface area contributed by atoms with E-state index < -0.39 is 16.1 Å². The van der Waals surface area contributed by atoms with Crippen molar-refractivity contribution in [3.05, 3.63) is 33.8 Å². The summed E-state index contributed by atoms with van der Waals surface area (Å²) in [5, 5.41) is 3.72. The van der Waals surface area contributed by atoms with Crippen LogP contribution in [0.5, 0.6) is 0 Å². The van der Waals surface area contributed by atoms with E-state index in [1.807, 2.05) is 0 Å².